The number of fused-ring (bicyclic) bond motifs is 1. The molecular weight excluding hydrogens is 420 g/mol. The third-order valence-electron chi connectivity index (χ3n) is 3.72. The number of hydrogen-bond acceptors (Lipinski definition) is 2. The summed E-state index contributed by atoms with van der Waals surface area (Å²) in [6.45, 7) is 8.72. The van der Waals surface area contributed by atoms with Crippen LogP contribution in [0, 0.1) is 0 Å². The molecule has 3 rings (SSSR count). The molecule has 1 N–H and O–H groups in total. The first-order valence-electron chi connectivity index (χ1n) is 9.48. The Hall–Kier alpha value is -1.98. The van der Waals surface area contributed by atoms with Crippen molar-refractivity contribution in [1.82, 2.24) is 0 Å². The number of benzodiazepines with no additional fused rings is 1. The number of nitrogens with one attached hydrogen (secondary N) is 1. The number of aliphatic imine (C=N–C) groups is 1. The highest BCUT2D eigenvalue weighted by Gasteiger charge is 2.35. The summed E-state index contributed by atoms with van der Waals surface area (Å²) in [6, 6.07) is 9.20. The molecule has 1 aliphatic heterocycles. The van der Waals surface area contributed by atoms with Gasteiger partial charge < -0.3 is 5.32 Å². The molecule has 2 nitrogen and oxygen atoms in total. The van der Waals surface area contributed by atoms with Crippen molar-refractivity contribution in [1.29, 1.82) is 0 Å². The molecule has 0 amide bonds. The zero-order chi connectivity index (χ0) is 22.0. The maximum absolute atomic E-state index is 13.2. The van der Waals surface area contributed by atoms with E-state index in [1.165, 1.54) is 6.07 Å². The van der Waals surface area contributed by atoms with Gasteiger partial charge in [0.25, 0.3) is 0 Å². The maximum Gasteiger partial charge on any atom is 0.418 e. The van der Waals surface area contributed by atoms with Crippen molar-refractivity contribution in [3.63, 3.8) is 0 Å². The molecular formula is C22H25Cl2F3N2. The highest BCUT2D eigenvalue weighted by Crippen LogP contribution is 2.37. The molecule has 0 aromatic heterocycles. The van der Waals surface area contributed by atoms with E-state index in [1.54, 1.807) is 36.4 Å². The van der Waals surface area contributed by atoms with E-state index in [2.05, 4.69) is 10.3 Å². The van der Waals surface area contributed by atoms with Gasteiger partial charge in [0.05, 0.1) is 33.6 Å². The number of hydrogen-bond donors (Lipinski definition) is 1. The molecule has 2 aromatic rings. The van der Waals surface area contributed by atoms with Gasteiger partial charge in [0.2, 0.25) is 0 Å². The van der Waals surface area contributed by atoms with E-state index in [0.29, 0.717) is 34.4 Å². The second kappa shape index (κ2) is 11.9. The molecule has 0 fully saturated rings. The Labute approximate surface area is 180 Å². The zero-order valence-electron chi connectivity index (χ0n) is 16.9. The van der Waals surface area contributed by atoms with Gasteiger partial charge in [-0.25, -0.2) is 0 Å². The maximum atomic E-state index is 13.2. The summed E-state index contributed by atoms with van der Waals surface area (Å²) >= 11 is 11.9. The molecule has 7 heteroatoms. The Morgan fingerprint density at radius 3 is 2.28 bits per heavy atom. The van der Waals surface area contributed by atoms with E-state index in [0.717, 1.165) is 11.6 Å². The fourth-order valence-electron chi connectivity index (χ4n) is 2.57. The smallest absolute Gasteiger partial charge is 0.382 e. The van der Waals surface area contributed by atoms with Gasteiger partial charge in [-0.1, -0.05) is 75.2 Å². The van der Waals surface area contributed by atoms with Gasteiger partial charge in [0.15, 0.2) is 0 Å². The van der Waals surface area contributed by atoms with Crippen LogP contribution in [0.15, 0.2) is 47.5 Å². The van der Waals surface area contributed by atoms with Gasteiger partial charge in [0, 0.05) is 12.1 Å². The lowest BCUT2D eigenvalue weighted by atomic mass is 10.0. The average molecular weight is 445 g/mol. The minimum absolute atomic E-state index is 0.0602. The summed E-state index contributed by atoms with van der Waals surface area (Å²) in [5, 5.41) is 3.69. The molecule has 0 atom stereocenters. The van der Waals surface area contributed by atoms with E-state index >= 15 is 0 Å². The standard InChI is InChI=1S/C18H13Cl2F3N2.2C2H6/c19-14-6-4-11(10-15(14)20)5-7-16-12-2-1-3-13(18(21,22)23)17(12)25-9-8-24-16;2*1-2/h1-7,10,25H,8-9H2;2*1-2H3/b7-5+;;. The largest absolute Gasteiger partial charge is 0.418 e. The molecule has 0 saturated heterocycles. The summed E-state index contributed by atoms with van der Waals surface area (Å²) in [5.74, 6) is 0. The fraction of sp³-hybridized carbons (Fsp3) is 0.318. The molecule has 29 heavy (non-hydrogen) atoms. The Morgan fingerprint density at radius 2 is 1.66 bits per heavy atom. The number of alkyl halides is 3. The van der Waals surface area contributed by atoms with Crippen molar-refractivity contribution in [3.8, 4) is 0 Å². The Bertz CT molecular complexity index is 860. The zero-order valence-corrected chi connectivity index (χ0v) is 18.4. The average Bonchev–Trinajstić information content (AvgIpc) is 2.93. The van der Waals surface area contributed by atoms with Crippen LogP contribution < -0.4 is 5.32 Å². The molecule has 1 aliphatic rings. The van der Waals surface area contributed by atoms with Crippen LogP contribution >= 0.6 is 23.2 Å². The topological polar surface area (TPSA) is 24.4 Å². The first-order valence-corrected chi connectivity index (χ1v) is 10.2. The summed E-state index contributed by atoms with van der Waals surface area (Å²) < 4.78 is 39.7. The van der Waals surface area contributed by atoms with Crippen LogP contribution in [-0.2, 0) is 6.18 Å². The van der Waals surface area contributed by atoms with Crippen LogP contribution in [0.1, 0.15) is 44.4 Å². The molecule has 0 saturated carbocycles. The minimum Gasteiger partial charge on any atom is -0.382 e. The van der Waals surface area contributed by atoms with Crippen molar-refractivity contribution in [2.24, 2.45) is 4.99 Å². The van der Waals surface area contributed by atoms with Gasteiger partial charge in [-0.15, -0.1) is 0 Å². The molecule has 1 heterocycles. The second-order valence-corrected chi connectivity index (χ2v) is 6.24. The lowest BCUT2D eigenvalue weighted by molar-refractivity contribution is -0.136. The number of nitrogens with zero attached hydrogens (tertiary/aromatic N) is 1. The predicted molar refractivity (Wildman–Crippen MR) is 120 cm³/mol. The van der Waals surface area contributed by atoms with Gasteiger partial charge in [0.1, 0.15) is 0 Å². The van der Waals surface area contributed by atoms with Crippen molar-refractivity contribution in [2.75, 3.05) is 18.4 Å². The predicted octanol–water partition coefficient (Wildman–Crippen LogP) is 7.99. The highest BCUT2D eigenvalue weighted by atomic mass is 35.5. The molecule has 0 aliphatic carbocycles. The van der Waals surface area contributed by atoms with Crippen molar-refractivity contribution in [3.05, 3.63) is 69.2 Å². The van der Waals surface area contributed by atoms with Gasteiger partial charge in [-0.3, -0.25) is 4.99 Å². The lowest BCUT2D eigenvalue weighted by Gasteiger charge is -2.16. The number of para-hydroxylation sites is 1. The summed E-state index contributed by atoms with van der Waals surface area (Å²) in [7, 11) is 0. The van der Waals surface area contributed by atoms with E-state index in [4.69, 9.17) is 23.2 Å². The number of rotatable bonds is 2. The molecule has 158 valence electrons. The monoisotopic (exact) mass is 444 g/mol. The number of benzene rings is 2. The second-order valence-electron chi connectivity index (χ2n) is 5.43. The van der Waals surface area contributed by atoms with E-state index < -0.39 is 11.7 Å². The number of anilines is 1. The third-order valence-corrected chi connectivity index (χ3v) is 4.46. The Balaban J connectivity index is 0.000000989. The lowest BCUT2D eigenvalue weighted by Crippen LogP contribution is -2.13. The quantitative estimate of drug-likeness (QED) is 0.498. The molecule has 0 bridgehead atoms. The van der Waals surface area contributed by atoms with Crippen LogP contribution in [0.25, 0.3) is 6.08 Å². The van der Waals surface area contributed by atoms with Crippen molar-refractivity contribution < 1.29 is 13.2 Å². The third kappa shape index (κ3) is 6.79. The first-order chi connectivity index (χ1) is 13.9. The SMILES string of the molecule is CC.CC.FC(F)(F)c1cccc2c1NCCN=C2/C=C/c1ccc(Cl)c(Cl)c1. The highest BCUT2D eigenvalue weighted by molar-refractivity contribution is 6.42. The minimum atomic E-state index is -4.43. The molecule has 2 aromatic carbocycles. The molecule has 0 radical (unpaired) electrons. The van der Waals surface area contributed by atoms with Gasteiger partial charge in [-0.2, -0.15) is 13.2 Å². The van der Waals surface area contributed by atoms with Crippen molar-refractivity contribution >= 4 is 40.7 Å². The van der Waals surface area contributed by atoms with Crippen LogP contribution in [0.4, 0.5) is 18.9 Å². The summed E-state index contributed by atoms with van der Waals surface area (Å²) in [6.07, 6.45) is -0.997. The van der Waals surface area contributed by atoms with E-state index in [1.807, 2.05) is 27.7 Å². The number of halogens is 5. The number of allylic oxidation sites excluding steroid dienone is 1. The van der Waals surface area contributed by atoms with Crippen LogP contribution in [-0.4, -0.2) is 18.8 Å². The Morgan fingerprint density at radius 1 is 0.966 bits per heavy atom. The molecule has 0 spiro atoms. The van der Waals surface area contributed by atoms with Crippen LogP contribution in [0.2, 0.25) is 10.0 Å². The molecule has 0 unspecified atom stereocenters. The van der Waals surface area contributed by atoms with Gasteiger partial charge in [-0.05, 0) is 29.8 Å². The van der Waals surface area contributed by atoms with E-state index in [-0.39, 0.29) is 5.69 Å². The van der Waals surface area contributed by atoms with E-state index in [9.17, 15) is 13.2 Å². The normalized spacial score (nSPS) is 13.1. The summed E-state index contributed by atoms with van der Waals surface area (Å²) in [5.41, 5.74) is 1.05. The first kappa shape index (κ1) is 25.1. The van der Waals surface area contributed by atoms with Gasteiger partial charge >= 0.3 is 6.18 Å². The Kier molecular flexibility index (Phi) is 10.3. The van der Waals surface area contributed by atoms with Crippen LogP contribution in [0.3, 0.4) is 0 Å². The van der Waals surface area contributed by atoms with Crippen molar-refractivity contribution in [2.45, 2.75) is 33.9 Å². The van der Waals surface area contributed by atoms with Crippen LogP contribution in [0.5, 0.6) is 0 Å². The fourth-order valence-corrected chi connectivity index (χ4v) is 2.88. The summed E-state index contributed by atoms with van der Waals surface area (Å²) in [4.78, 5) is 4.38.